The molecule has 0 fully saturated rings. The number of aliphatic carboxylic acids is 1. The van der Waals surface area contributed by atoms with Gasteiger partial charge in [0.05, 0.1) is 5.41 Å². The highest BCUT2D eigenvalue weighted by molar-refractivity contribution is 5.78. The maximum Gasteiger partial charge on any atom is 0.309 e. The summed E-state index contributed by atoms with van der Waals surface area (Å²) in [5.74, 6) is -0.0854. The van der Waals surface area contributed by atoms with Gasteiger partial charge in [-0.1, -0.05) is 26.0 Å². The van der Waals surface area contributed by atoms with Crippen LogP contribution < -0.4 is 10.1 Å². The van der Waals surface area contributed by atoms with Gasteiger partial charge in [-0.2, -0.15) is 0 Å². The molecule has 128 valence electrons. The lowest BCUT2D eigenvalue weighted by molar-refractivity contribution is -0.147. The minimum absolute atomic E-state index is 0.0727. The number of ether oxygens (including phenoxy) is 1. The lowest BCUT2D eigenvalue weighted by Crippen LogP contribution is -2.34. The maximum absolute atomic E-state index is 11.9. The molecule has 0 aromatic heterocycles. The Kier molecular flexibility index (Phi) is 6.61. The molecule has 1 rings (SSSR count). The third-order valence-electron chi connectivity index (χ3n) is 3.80. The molecule has 1 aromatic rings. The number of benzene rings is 1. The second-order valence-electron chi connectivity index (χ2n) is 6.77. The molecule has 0 heterocycles. The fourth-order valence-corrected chi connectivity index (χ4v) is 2.06. The first-order valence-corrected chi connectivity index (χ1v) is 7.87. The number of carbonyl (C=O) groups excluding carboxylic acids is 1. The monoisotopic (exact) mass is 321 g/mol. The molecule has 0 spiro atoms. The van der Waals surface area contributed by atoms with Gasteiger partial charge in [-0.15, -0.1) is 0 Å². The Labute approximate surface area is 138 Å². The van der Waals surface area contributed by atoms with Crippen LogP contribution in [0.25, 0.3) is 0 Å². The highest BCUT2D eigenvalue weighted by Gasteiger charge is 2.26. The van der Waals surface area contributed by atoms with E-state index in [-0.39, 0.29) is 12.5 Å². The number of rotatable bonds is 8. The molecule has 0 saturated carbocycles. The molecule has 0 radical (unpaired) electrons. The number of nitrogens with one attached hydrogen (secondary N) is 1. The molecule has 0 bridgehead atoms. The van der Waals surface area contributed by atoms with Crippen molar-refractivity contribution >= 4 is 11.9 Å². The van der Waals surface area contributed by atoms with Crippen LogP contribution in [0.4, 0.5) is 0 Å². The minimum Gasteiger partial charge on any atom is -0.483 e. The Morgan fingerprint density at radius 3 is 2.52 bits per heavy atom. The largest absolute Gasteiger partial charge is 0.483 e. The lowest BCUT2D eigenvalue weighted by atomic mass is 9.90. The van der Waals surface area contributed by atoms with E-state index in [0.29, 0.717) is 18.9 Å². The summed E-state index contributed by atoms with van der Waals surface area (Å²) < 4.78 is 5.64. The fraction of sp³-hybridized carbons (Fsp3) is 0.556. The molecule has 23 heavy (non-hydrogen) atoms. The van der Waals surface area contributed by atoms with Crippen molar-refractivity contribution in [3.05, 3.63) is 29.3 Å². The molecule has 5 nitrogen and oxygen atoms in total. The van der Waals surface area contributed by atoms with Crippen LogP contribution in [0.3, 0.4) is 0 Å². The molecule has 1 amide bonds. The van der Waals surface area contributed by atoms with E-state index in [4.69, 9.17) is 9.84 Å². The van der Waals surface area contributed by atoms with Crippen LogP contribution in [0.1, 0.15) is 51.2 Å². The van der Waals surface area contributed by atoms with Crippen molar-refractivity contribution in [2.75, 3.05) is 13.2 Å². The molecule has 0 aliphatic carbocycles. The first-order valence-electron chi connectivity index (χ1n) is 7.87. The predicted molar refractivity (Wildman–Crippen MR) is 89.8 cm³/mol. The number of carboxylic acids is 1. The average Bonchev–Trinajstić information content (AvgIpc) is 2.44. The van der Waals surface area contributed by atoms with Crippen LogP contribution in [0.15, 0.2) is 18.2 Å². The standard InChI is InChI=1S/C18H27NO4/c1-12(2)14-7-6-13(3)10-15(14)23-11-16(20)19-9-8-18(4,5)17(21)22/h6-7,10,12H,8-9,11H2,1-5H3,(H,19,20)(H,21,22). The van der Waals surface area contributed by atoms with Crippen LogP contribution in [0.5, 0.6) is 5.75 Å². The van der Waals surface area contributed by atoms with E-state index in [0.717, 1.165) is 16.9 Å². The topological polar surface area (TPSA) is 75.6 Å². The van der Waals surface area contributed by atoms with E-state index in [2.05, 4.69) is 19.2 Å². The van der Waals surface area contributed by atoms with E-state index >= 15 is 0 Å². The Balaban J connectivity index is 2.51. The summed E-state index contributed by atoms with van der Waals surface area (Å²) in [5, 5.41) is 11.7. The lowest BCUT2D eigenvalue weighted by Gasteiger charge is -2.19. The Morgan fingerprint density at radius 2 is 1.96 bits per heavy atom. The zero-order valence-electron chi connectivity index (χ0n) is 14.6. The summed E-state index contributed by atoms with van der Waals surface area (Å²) in [7, 11) is 0. The van der Waals surface area contributed by atoms with Gasteiger partial charge < -0.3 is 15.2 Å². The van der Waals surface area contributed by atoms with Crippen molar-refractivity contribution in [1.82, 2.24) is 5.32 Å². The van der Waals surface area contributed by atoms with Gasteiger partial charge in [-0.05, 0) is 50.3 Å². The van der Waals surface area contributed by atoms with Crippen molar-refractivity contribution in [3.8, 4) is 5.75 Å². The highest BCUT2D eigenvalue weighted by Crippen LogP contribution is 2.27. The average molecular weight is 321 g/mol. The molecular weight excluding hydrogens is 294 g/mol. The van der Waals surface area contributed by atoms with Gasteiger partial charge >= 0.3 is 5.97 Å². The summed E-state index contributed by atoms with van der Waals surface area (Å²) in [6, 6.07) is 5.97. The molecule has 0 saturated heterocycles. The Morgan fingerprint density at radius 1 is 1.30 bits per heavy atom. The number of hydrogen-bond donors (Lipinski definition) is 2. The van der Waals surface area contributed by atoms with Gasteiger partial charge in [-0.25, -0.2) is 0 Å². The van der Waals surface area contributed by atoms with Crippen LogP contribution in [-0.2, 0) is 9.59 Å². The molecule has 0 aliphatic heterocycles. The maximum atomic E-state index is 11.9. The van der Waals surface area contributed by atoms with Crippen LogP contribution >= 0.6 is 0 Å². The van der Waals surface area contributed by atoms with Crippen molar-refractivity contribution in [2.45, 2.75) is 47.0 Å². The van der Waals surface area contributed by atoms with Crippen molar-refractivity contribution in [3.63, 3.8) is 0 Å². The second kappa shape index (κ2) is 7.99. The number of carbonyl (C=O) groups is 2. The van der Waals surface area contributed by atoms with Gasteiger partial charge in [-0.3, -0.25) is 9.59 Å². The molecule has 0 atom stereocenters. The van der Waals surface area contributed by atoms with E-state index in [1.54, 1.807) is 13.8 Å². The number of amides is 1. The van der Waals surface area contributed by atoms with E-state index in [9.17, 15) is 9.59 Å². The van der Waals surface area contributed by atoms with Gasteiger partial charge in [0.25, 0.3) is 5.91 Å². The summed E-state index contributed by atoms with van der Waals surface area (Å²) in [6.07, 6.45) is 0.371. The highest BCUT2D eigenvalue weighted by atomic mass is 16.5. The Bertz CT molecular complexity index is 564. The van der Waals surface area contributed by atoms with Gasteiger partial charge in [0.15, 0.2) is 6.61 Å². The quantitative estimate of drug-likeness (QED) is 0.771. The predicted octanol–water partition coefficient (Wildman–Crippen LogP) is 3.11. The van der Waals surface area contributed by atoms with Crippen molar-refractivity contribution in [1.29, 1.82) is 0 Å². The van der Waals surface area contributed by atoms with E-state index in [1.165, 1.54) is 0 Å². The molecule has 0 aliphatic rings. The number of hydrogen-bond acceptors (Lipinski definition) is 3. The minimum atomic E-state index is -0.871. The normalized spacial score (nSPS) is 11.4. The van der Waals surface area contributed by atoms with Crippen LogP contribution in [-0.4, -0.2) is 30.1 Å². The fourth-order valence-electron chi connectivity index (χ4n) is 2.06. The Hall–Kier alpha value is -2.04. The molecule has 0 unspecified atom stereocenters. The van der Waals surface area contributed by atoms with Crippen molar-refractivity contribution < 1.29 is 19.4 Å². The molecule has 1 aromatic carbocycles. The first-order chi connectivity index (χ1) is 10.6. The zero-order valence-corrected chi connectivity index (χ0v) is 14.6. The number of carboxylic acid groups (broad SMARTS) is 1. The van der Waals surface area contributed by atoms with Crippen molar-refractivity contribution in [2.24, 2.45) is 5.41 Å². The van der Waals surface area contributed by atoms with Crippen LogP contribution in [0.2, 0.25) is 0 Å². The van der Waals surface area contributed by atoms with Gasteiger partial charge in [0.2, 0.25) is 0 Å². The summed E-state index contributed by atoms with van der Waals surface area (Å²) in [4.78, 5) is 22.9. The van der Waals surface area contributed by atoms with Crippen LogP contribution in [0, 0.1) is 12.3 Å². The SMILES string of the molecule is Cc1ccc(C(C)C)c(OCC(=O)NCCC(C)(C)C(=O)O)c1. The third-order valence-corrected chi connectivity index (χ3v) is 3.80. The second-order valence-corrected chi connectivity index (χ2v) is 6.77. The van der Waals surface area contributed by atoms with E-state index in [1.807, 2.05) is 25.1 Å². The third kappa shape index (κ3) is 5.93. The number of aryl methyl sites for hydroxylation is 1. The van der Waals surface area contributed by atoms with E-state index < -0.39 is 11.4 Å². The van der Waals surface area contributed by atoms with Gasteiger partial charge in [0.1, 0.15) is 5.75 Å². The molecular formula is C18H27NO4. The summed E-state index contributed by atoms with van der Waals surface area (Å²) in [5.41, 5.74) is 1.29. The summed E-state index contributed by atoms with van der Waals surface area (Å²) >= 11 is 0. The summed E-state index contributed by atoms with van der Waals surface area (Å²) in [6.45, 7) is 9.64. The molecule has 2 N–H and O–H groups in total. The molecule has 5 heteroatoms. The van der Waals surface area contributed by atoms with Gasteiger partial charge in [0, 0.05) is 6.54 Å². The smallest absolute Gasteiger partial charge is 0.309 e. The first kappa shape index (κ1) is 19.0. The zero-order chi connectivity index (χ0) is 17.6.